The molecule has 0 spiro atoms. The van der Waals surface area contributed by atoms with Gasteiger partial charge in [-0.25, -0.2) is 0 Å². The van der Waals surface area contributed by atoms with Gasteiger partial charge in [-0.1, -0.05) is 32.8 Å². The third-order valence-electron chi connectivity index (χ3n) is 4.00. The van der Waals surface area contributed by atoms with Crippen molar-refractivity contribution in [1.29, 1.82) is 0 Å². The zero-order valence-electron chi connectivity index (χ0n) is 12.8. The molecule has 0 aliphatic carbocycles. The Labute approximate surface area is 113 Å². The molecule has 1 fully saturated rings. The minimum atomic E-state index is -1.64. The van der Waals surface area contributed by atoms with Gasteiger partial charge in [0, 0.05) is 0 Å². The molecule has 1 aliphatic heterocycles. The standard InChI is InChI=1S/C13H27BO3Si/c1-11-12(2)17-14(16-11)9-8-10-15-18(6,7)13(3,4)5/h8-9,11-12H,10H2,1-7H3/b9-8+/t11-,12-/m0/s1. The van der Waals surface area contributed by atoms with Crippen molar-refractivity contribution < 1.29 is 13.7 Å². The lowest BCUT2D eigenvalue weighted by Crippen LogP contribution is -2.40. The fourth-order valence-electron chi connectivity index (χ4n) is 1.41. The summed E-state index contributed by atoms with van der Waals surface area (Å²) >= 11 is 0. The van der Waals surface area contributed by atoms with E-state index >= 15 is 0 Å². The Morgan fingerprint density at radius 1 is 1.17 bits per heavy atom. The van der Waals surface area contributed by atoms with E-state index in [0.717, 1.165) is 0 Å². The lowest BCUT2D eigenvalue weighted by Gasteiger charge is -2.35. The maximum absolute atomic E-state index is 6.05. The number of hydrogen-bond donors (Lipinski definition) is 0. The minimum Gasteiger partial charge on any atom is -0.413 e. The topological polar surface area (TPSA) is 27.7 Å². The highest BCUT2D eigenvalue weighted by Crippen LogP contribution is 2.36. The molecule has 0 aromatic heterocycles. The van der Waals surface area contributed by atoms with E-state index in [9.17, 15) is 0 Å². The molecule has 0 aromatic carbocycles. The highest BCUT2D eigenvalue weighted by molar-refractivity contribution is 6.74. The lowest BCUT2D eigenvalue weighted by molar-refractivity contribution is 0.187. The molecule has 0 aromatic rings. The van der Waals surface area contributed by atoms with Gasteiger partial charge in [-0.2, -0.15) is 0 Å². The zero-order valence-corrected chi connectivity index (χ0v) is 13.8. The van der Waals surface area contributed by atoms with E-state index < -0.39 is 8.32 Å². The Kier molecular flexibility index (Phi) is 5.24. The van der Waals surface area contributed by atoms with E-state index in [0.29, 0.717) is 6.61 Å². The van der Waals surface area contributed by atoms with Crippen LogP contribution < -0.4 is 0 Å². The second kappa shape index (κ2) is 5.91. The van der Waals surface area contributed by atoms with Gasteiger partial charge in [0.1, 0.15) is 0 Å². The fourth-order valence-corrected chi connectivity index (χ4v) is 2.35. The second-order valence-electron chi connectivity index (χ2n) is 6.55. The summed E-state index contributed by atoms with van der Waals surface area (Å²) in [5.41, 5.74) is 0. The van der Waals surface area contributed by atoms with Gasteiger partial charge in [0.25, 0.3) is 0 Å². The van der Waals surface area contributed by atoms with Crippen molar-refractivity contribution in [1.82, 2.24) is 0 Å². The summed E-state index contributed by atoms with van der Waals surface area (Å²) in [6, 6.07) is 0. The van der Waals surface area contributed by atoms with Crippen LogP contribution in [0.2, 0.25) is 18.1 Å². The lowest BCUT2D eigenvalue weighted by atomic mass is 9.90. The summed E-state index contributed by atoms with van der Waals surface area (Å²) in [5.74, 6) is 1.95. The average Bonchev–Trinajstić information content (AvgIpc) is 2.52. The van der Waals surface area contributed by atoms with E-state index in [1.807, 2.05) is 25.9 Å². The highest BCUT2D eigenvalue weighted by Gasteiger charge is 2.37. The quantitative estimate of drug-likeness (QED) is 0.733. The normalized spacial score (nSPS) is 26.3. The Morgan fingerprint density at radius 3 is 2.11 bits per heavy atom. The van der Waals surface area contributed by atoms with Crippen molar-refractivity contribution in [2.75, 3.05) is 6.61 Å². The van der Waals surface area contributed by atoms with Gasteiger partial charge in [-0.05, 0) is 32.0 Å². The van der Waals surface area contributed by atoms with Crippen LogP contribution in [0.5, 0.6) is 0 Å². The van der Waals surface area contributed by atoms with E-state index in [1.165, 1.54) is 0 Å². The molecule has 1 saturated heterocycles. The van der Waals surface area contributed by atoms with Crippen molar-refractivity contribution in [2.45, 2.75) is 65.0 Å². The third kappa shape index (κ3) is 4.23. The first-order valence-corrected chi connectivity index (χ1v) is 9.66. The number of hydrogen-bond acceptors (Lipinski definition) is 3. The molecule has 1 heterocycles. The van der Waals surface area contributed by atoms with Crippen LogP contribution in [0.15, 0.2) is 12.1 Å². The molecule has 0 unspecified atom stereocenters. The molecule has 0 N–H and O–H groups in total. The molecular weight excluding hydrogens is 243 g/mol. The van der Waals surface area contributed by atoms with Crippen LogP contribution in [0.25, 0.3) is 0 Å². The van der Waals surface area contributed by atoms with Gasteiger partial charge >= 0.3 is 7.12 Å². The summed E-state index contributed by atoms with van der Waals surface area (Å²) in [6.45, 7) is 16.0. The van der Waals surface area contributed by atoms with Crippen LogP contribution in [-0.4, -0.2) is 34.3 Å². The molecule has 5 heteroatoms. The van der Waals surface area contributed by atoms with Gasteiger partial charge in [0.05, 0.1) is 18.8 Å². The number of rotatable bonds is 4. The fraction of sp³-hybridized carbons (Fsp3) is 0.846. The molecule has 3 nitrogen and oxygen atoms in total. The predicted molar refractivity (Wildman–Crippen MR) is 79.1 cm³/mol. The van der Waals surface area contributed by atoms with Crippen LogP contribution in [0.4, 0.5) is 0 Å². The van der Waals surface area contributed by atoms with E-state index in [4.69, 9.17) is 13.7 Å². The van der Waals surface area contributed by atoms with Gasteiger partial charge in [-0.15, -0.1) is 0 Å². The van der Waals surface area contributed by atoms with Gasteiger partial charge in [0.2, 0.25) is 0 Å². The second-order valence-corrected chi connectivity index (χ2v) is 11.4. The summed E-state index contributed by atoms with van der Waals surface area (Å²) < 4.78 is 17.3. The van der Waals surface area contributed by atoms with E-state index in [1.54, 1.807) is 0 Å². The SMILES string of the molecule is C[C@@H]1OB(/C=C/CO[Si](C)(C)C(C)(C)C)O[C@H]1C. The maximum atomic E-state index is 6.05. The van der Waals surface area contributed by atoms with Crippen LogP contribution >= 0.6 is 0 Å². The zero-order chi connectivity index (χ0) is 14.0. The molecule has 0 amide bonds. The van der Waals surface area contributed by atoms with Gasteiger partial charge in [0.15, 0.2) is 8.32 Å². The largest absolute Gasteiger partial charge is 0.486 e. The molecule has 0 radical (unpaired) electrons. The van der Waals surface area contributed by atoms with Crippen LogP contribution in [0.1, 0.15) is 34.6 Å². The summed E-state index contributed by atoms with van der Waals surface area (Å²) in [7, 11) is -1.85. The molecular formula is C13H27BO3Si. The monoisotopic (exact) mass is 270 g/mol. The van der Waals surface area contributed by atoms with Crippen molar-refractivity contribution >= 4 is 15.4 Å². The minimum absolute atomic E-state index is 0.168. The molecule has 18 heavy (non-hydrogen) atoms. The summed E-state index contributed by atoms with van der Waals surface area (Å²) in [5, 5.41) is 0.254. The summed E-state index contributed by atoms with van der Waals surface area (Å²) in [4.78, 5) is 0. The molecule has 0 saturated carbocycles. The van der Waals surface area contributed by atoms with E-state index in [2.05, 4.69) is 33.9 Å². The van der Waals surface area contributed by atoms with Gasteiger partial charge in [-0.3, -0.25) is 0 Å². The van der Waals surface area contributed by atoms with Crippen molar-refractivity contribution in [2.24, 2.45) is 0 Å². The Hall–Kier alpha value is -0.0982. The summed E-state index contributed by atoms with van der Waals surface area (Å²) in [6.07, 6.45) is 2.34. The first kappa shape index (κ1) is 16.0. The first-order valence-electron chi connectivity index (χ1n) is 6.75. The van der Waals surface area contributed by atoms with Crippen LogP contribution in [0.3, 0.4) is 0 Å². The molecule has 0 bridgehead atoms. The maximum Gasteiger partial charge on any atom is 0.486 e. The third-order valence-corrected chi connectivity index (χ3v) is 8.50. The Morgan fingerprint density at radius 2 is 1.67 bits per heavy atom. The molecule has 1 aliphatic rings. The highest BCUT2D eigenvalue weighted by atomic mass is 28.4. The average molecular weight is 270 g/mol. The Balaban J connectivity index is 2.34. The molecule has 104 valence electrons. The van der Waals surface area contributed by atoms with Crippen molar-refractivity contribution in [3.8, 4) is 0 Å². The van der Waals surface area contributed by atoms with Crippen molar-refractivity contribution in [3.05, 3.63) is 12.1 Å². The molecule has 2 atom stereocenters. The first-order chi connectivity index (χ1) is 8.13. The van der Waals surface area contributed by atoms with Crippen LogP contribution in [0, 0.1) is 0 Å². The van der Waals surface area contributed by atoms with Crippen molar-refractivity contribution in [3.63, 3.8) is 0 Å². The Bertz CT molecular complexity index is 289. The predicted octanol–water partition coefficient (Wildman–Crippen LogP) is 3.42. The molecule has 1 rings (SSSR count). The van der Waals surface area contributed by atoms with Gasteiger partial charge < -0.3 is 13.7 Å². The van der Waals surface area contributed by atoms with Crippen LogP contribution in [-0.2, 0) is 13.7 Å². The smallest absolute Gasteiger partial charge is 0.413 e. The van der Waals surface area contributed by atoms with E-state index in [-0.39, 0.29) is 24.4 Å².